The summed E-state index contributed by atoms with van der Waals surface area (Å²) in [5, 5.41) is 0. The molecule has 1 fully saturated rings. The molecule has 0 N–H and O–H groups in total. The second kappa shape index (κ2) is 7.23. The summed E-state index contributed by atoms with van der Waals surface area (Å²) in [6.45, 7) is 5.22. The number of benzene rings is 2. The van der Waals surface area contributed by atoms with Crippen LogP contribution in [0.2, 0.25) is 0 Å². The zero-order valence-corrected chi connectivity index (χ0v) is 12.7. The van der Waals surface area contributed by atoms with Gasteiger partial charge in [-0.15, -0.1) is 0 Å². The zero-order valence-electron chi connectivity index (χ0n) is 12.7. The molecule has 0 bridgehead atoms. The van der Waals surface area contributed by atoms with Crippen LogP contribution in [-0.2, 0) is 0 Å². The predicted octanol–water partition coefficient (Wildman–Crippen LogP) is 3.66. The molecule has 0 saturated carbocycles. The maximum Gasteiger partial charge on any atom is 0.123 e. The molecule has 2 nitrogen and oxygen atoms in total. The maximum atomic E-state index is 12.8. The largest absolute Gasteiger partial charge is 0.369 e. The van der Waals surface area contributed by atoms with Gasteiger partial charge in [-0.1, -0.05) is 42.5 Å². The highest BCUT2D eigenvalue weighted by Gasteiger charge is 2.15. The quantitative estimate of drug-likeness (QED) is 0.849. The molecule has 0 aliphatic carbocycles. The van der Waals surface area contributed by atoms with Crippen LogP contribution in [-0.4, -0.2) is 37.6 Å². The summed E-state index contributed by atoms with van der Waals surface area (Å²) in [5.41, 5.74) is 2.35. The Kier molecular flexibility index (Phi) is 4.86. The molecule has 0 spiro atoms. The molecule has 0 unspecified atom stereocenters. The summed E-state index contributed by atoms with van der Waals surface area (Å²) in [7, 11) is 0. The second-order valence-corrected chi connectivity index (χ2v) is 5.58. The standard InChI is InChI=1S/C19H21FN2/c20-18-10-8-17(9-11-18)5-4-12-21-13-15-22(16-14-21)19-6-2-1-3-7-19/h1-11H,12-16H2/b5-4+. The first-order valence-electron chi connectivity index (χ1n) is 7.76. The fraction of sp³-hybridized carbons (Fsp3) is 0.263. The Morgan fingerprint density at radius 3 is 2.23 bits per heavy atom. The third-order valence-electron chi connectivity index (χ3n) is 4.04. The van der Waals surface area contributed by atoms with Crippen molar-refractivity contribution in [3.05, 3.63) is 72.1 Å². The first-order chi connectivity index (χ1) is 10.8. The van der Waals surface area contributed by atoms with Gasteiger partial charge in [0.2, 0.25) is 0 Å². The molecule has 1 saturated heterocycles. The summed E-state index contributed by atoms with van der Waals surface area (Å²) in [4.78, 5) is 4.87. The van der Waals surface area contributed by atoms with Crippen LogP contribution in [0.15, 0.2) is 60.7 Å². The van der Waals surface area contributed by atoms with Gasteiger partial charge >= 0.3 is 0 Å². The van der Waals surface area contributed by atoms with Gasteiger partial charge in [0.25, 0.3) is 0 Å². The molecule has 3 heteroatoms. The highest BCUT2D eigenvalue weighted by atomic mass is 19.1. The van der Waals surface area contributed by atoms with Gasteiger partial charge in [0.15, 0.2) is 0 Å². The maximum absolute atomic E-state index is 12.8. The number of para-hydroxylation sites is 1. The Labute approximate surface area is 131 Å². The van der Waals surface area contributed by atoms with Gasteiger partial charge in [0, 0.05) is 38.4 Å². The molecule has 1 heterocycles. The zero-order chi connectivity index (χ0) is 15.2. The van der Waals surface area contributed by atoms with Gasteiger partial charge in [0.1, 0.15) is 5.82 Å². The molecule has 0 amide bonds. The fourth-order valence-electron chi connectivity index (χ4n) is 2.74. The first kappa shape index (κ1) is 14.8. The average Bonchev–Trinajstić information content (AvgIpc) is 2.58. The van der Waals surface area contributed by atoms with E-state index in [0.717, 1.165) is 38.3 Å². The average molecular weight is 296 g/mol. The Hall–Kier alpha value is -2.13. The van der Waals surface area contributed by atoms with Gasteiger partial charge in [-0.05, 0) is 29.8 Å². The molecule has 0 atom stereocenters. The van der Waals surface area contributed by atoms with E-state index in [1.54, 1.807) is 12.1 Å². The van der Waals surface area contributed by atoms with Crippen LogP contribution in [0.4, 0.5) is 10.1 Å². The van der Waals surface area contributed by atoms with Crippen LogP contribution in [0.1, 0.15) is 5.56 Å². The van der Waals surface area contributed by atoms with E-state index in [4.69, 9.17) is 0 Å². The van der Waals surface area contributed by atoms with Gasteiger partial charge in [-0.25, -0.2) is 4.39 Å². The summed E-state index contributed by atoms with van der Waals surface area (Å²) < 4.78 is 12.8. The monoisotopic (exact) mass is 296 g/mol. The van der Waals surface area contributed by atoms with Crippen molar-refractivity contribution in [2.24, 2.45) is 0 Å². The minimum Gasteiger partial charge on any atom is -0.369 e. The van der Waals surface area contributed by atoms with Gasteiger partial charge in [-0.2, -0.15) is 0 Å². The number of hydrogen-bond donors (Lipinski definition) is 0. The predicted molar refractivity (Wildman–Crippen MR) is 90.5 cm³/mol. The summed E-state index contributed by atoms with van der Waals surface area (Å²) in [6, 6.07) is 17.2. The Balaban J connectivity index is 1.47. The molecule has 2 aromatic carbocycles. The molecule has 2 aromatic rings. The van der Waals surface area contributed by atoms with Crippen molar-refractivity contribution in [2.45, 2.75) is 0 Å². The normalized spacial score (nSPS) is 16.3. The minimum absolute atomic E-state index is 0.186. The number of rotatable bonds is 4. The van der Waals surface area contributed by atoms with E-state index in [0.29, 0.717) is 0 Å². The van der Waals surface area contributed by atoms with Crippen molar-refractivity contribution in [2.75, 3.05) is 37.6 Å². The molecular weight excluding hydrogens is 275 g/mol. The molecule has 1 aliphatic rings. The van der Waals surface area contributed by atoms with Gasteiger partial charge in [-0.3, -0.25) is 4.90 Å². The van der Waals surface area contributed by atoms with Crippen molar-refractivity contribution in [1.29, 1.82) is 0 Å². The van der Waals surface area contributed by atoms with E-state index >= 15 is 0 Å². The Bertz CT molecular complexity index is 599. The third kappa shape index (κ3) is 3.95. The molecule has 114 valence electrons. The topological polar surface area (TPSA) is 6.48 Å². The second-order valence-electron chi connectivity index (χ2n) is 5.58. The fourth-order valence-corrected chi connectivity index (χ4v) is 2.74. The number of halogens is 1. The van der Waals surface area contributed by atoms with Crippen LogP contribution in [0.25, 0.3) is 6.08 Å². The van der Waals surface area contributed by atoms with Gasteiger partial charge in [0.05, 0.1) is 0 Å². The first-order valence-corrected chi connectivity index (χ1v) is 7.76. The van der Waals surface area contributed by atoms with Crippen molar-refractivity contribution in [3.63, 3.8) is 0 Å². The lowest BCUT2D eigenvalue weighted by atomic mass is 10.2. The molecule has 0 aromatic heterocycles. The molecule has 0 radical (unpaired) electrons. The Morgan fingerprint density at radius 2 is 1.55 bits per heavy atom. The van der Waals surface area contributed by atoms with Crippen molar-refractivity contribution in [3.8, 4) is 0 Å². The van der Waals surface area contributed by atoms with Crippen LogP contribution in [0.3, 0.4) is 0 Å². The smallest absolute Gasteiger partial charge is 0.123 e. The Morgan fingerprint density at radius 1 is 0.864 bits per heavy atom. The van der Waals surface area contributed by atoms with E-state index < -0.39 is 0 Å². The lowest BCUT2D eigenvalue weighted by Gasteiger charge is -2.35. The summed E-state index contributed by atoms with van der Waals surface area (Å²) in [6.07, 6.45) is 4.22. The molecule has 1 aliphatic heterocycles. The number of nitrogens with zero attached hydrogens (tertiary/aromatic N) is 2. The van der Waals surface area contributed by atoms with Gasteiger partial charge < -0.3 is 4.90 Å². The van der Waals surface area contributed by atoms with Crippen molar-refractivity contribution in [1.82, 2.24) is 4.90 Å². The number of hydrogen-bond acceptors (Lipinski definition) is 2. The van der Waals surface area contributed by atoms with E-state index in [2.05, 4.69) is 52.3 Å². The van der Waals surface area contributed by atoms with Crippen LogP contribution in [0.5, 0.6) is 0 Å². The number of piperazine rings is 1. The minimum atomic E-state index is -0.186. The van der Waals surface area contributed by atoms with E-state index in [1.807, 2.05) is 0 Å². The highest BCUT2D eigenvalue weighted by molar-refractivity contribution is 5.49. The highest BCUT2D eigenvalue weighted by Crippen LogP contribution is 2.15. The van der Waals surface area contributed by atoms with Crippen molar-refractivity contribution < 1.29 is 4.39 Å². The van der Waals surface area contributed by atoms with E-state index in [9.17, 15) is 4.39 Å². The lowest BCUT2D eigenvalue weighted by Crippen LogP contribution is -2.46. The molecule has 3 rings (SSSR count). The van der Waals surface area contributed by atoms with Crippen molar-refractivity contribution >= 4 is 11.8 Å². The van der Waals surface area contributed by atoms with Crippen LogP contribution < -0.4 is 4.90 Å². The van der Waals surface area contributed by atoms with Crippen LogP contribution >= 0.6 is 0 Å². The van der Waals surface area contributed by atoms with E-state index in [-0.39, 0.29) is 5.82 Å². The summed E-state index contributed by atoms with van der Waals surface area (Å²) in [5.74, 6) is -0.186. The molecule has 22 heavy (non-hydrogen) atoms. The van der Waals surface area contributed by atoms with Crippen LogP contribution in [0, 0.1) is 5.82 Å². The number of anilines is 1. The summed E-state index contributed by atoms with van der Waals surface area (Å²) >= 11 is 0. The third-order valence-corrected chi connectivity index (χ3v) is 4.04. The SMILES string of the molecule is Fc1ccc(/C=C/CN2CCN(c3ccccc3)CC2)cc1. The lowest BCUT2D eigenvalue weighted by molar-refractivity contribution is 0.284. The molecular formula is C19H21FN2. The van der Waals surface area contributed by atoms with E-state index in [1.165, 1.54) is 17.8 Å².